The van der Waals surface area contributed by atoms with Crippen LogP contribution >= 0.6 is 12.2 Å². The number of methoxy groups -OCH3 is 1. The number of aromatic nitrogens is 2. The summed E-state index contributed by atoms with van der Waals surface area (Å²) >= 11 is 5.82. The van der Waals surface area contributed by atoms with Gasteiger partial charge < -0.3 is 19.5 Å². The van der Waals surface area contributed by atoms with Gasteiger partial charge in [-0.2, -0.15) is 0 Å². The number of benzene rings is 1. The Balaban J connectivity index is 1.56. The second kappa shape index (κ2) is 9.50. The van der Waals surface area contributed by atoms with Crippen molar-refractivity contribution in [2.45, 2.75) is 43.8 Å². The van der Waals surface area contributed by atoms with Crippen LogP contribution in [0.2, 0.25) is 0 Å². The zero-order valence-corrected chi connectivity index (χ0v) is 21.3. The van der Waals surface area contributed by atoms with E-state index < -0.39 is 10.0 Å². The van der Waals surface area contributed by atoms with Crippen LogP contribution in [0.3, 0.4) is 0 Å². The van der Waals surface area contributed by atoms with Crippen LogP contribution in [0.4, 0.5) is 11.4 Å². The molecule has 1 aromatic carbocycles. The summed E-state index contributed by atoms with van der Waals surface area (Å²) in [6.45, 7) is 0. The van der Waals surface area contributed by atoms with E-state index in [1.54, 1.807) is 12.3 Å². The lowest BCUT2D eigenvalue weighted by molar-refractivity contribution is 0.417. The van der Waals surface area contributed by atoms with Crippen molar-refractivity contribution in [3.8, 4) is 5.75 Å². The monoisotopic (exact) mass is 511 g/mol. The lowest BCUT2D eigenvalue weighted by Crippen LogP contribution is -2.29. The zero-order valence-electron chi connectivity index (χ0n) is 19.7. The highest BCUT2D eigenvalue weighted by Crippen LogP contribution is 2.44. The second-order valence-electron chi connectivity index (χ2n) is 9.09. The van der Waals surface area contributed by atoms with E-state index in [1.807, 2.05) is 30.3 Å². The molecular weight excluding hydrogens is 482 g/mol. The Hall–Kier alpha value is -3.11. The summed E-state index contributed by atoms with van der Waals surface area (Å²) in [5.41, 5.74) is 3.22. The number of nitrogens with one attached hydrogen (secondary N) is 2. The van der Waals surface area contributed by atoms with Crippen molar-refractivity contribution in [3.05, 3.63) is 72.3 Å². The molecule has 8 nitrogen and oxygen atoms in total. The molecule has 2 N–H and O–H groups in total. The third-order valence-electron chi connectivity index (χ3n) is 6.68. The van der Waals surface area contributed by atoms with Gasteiger partial charge in [-0.3, -0.25) is 9.71 Å². The number of ether oxygens (including phenoxy) is 1. The first-order chi connectivity index (χ1) is 16.8. The molecule has 184 valence electrons. The Kier molecular flexibility index (Phi) is 6.41. The average Bonchev–Trinajstić information content (AvgIpc) is 3.58. The predicted molar refractivity (Wildman–Crippen MR) is 141 cm³/mol. The molecule has 1 saturated carbocycles. The van der Waals surface area contributed by atoms with E-state index in [4.69, 9.17) is 17.0 Å². The van der Waals surface area contributed by atoms with Crippen molar-refractivity contribution in [2.75, 3.05) is 23.0 Å². The SMILES string of the molecule is COc1cc(N2C(=S)NC(c3ccccn3)C2c2ccn(C3CCCC3)c2)ccc1NS(C)(=O)=O. The standard InChI is InChI=1S/C25H29N5O3S2/c1-33-22-15-19(10-11-20(22)28-35(2,31)32)30-24(17-12-14-29(16-17)18-7-3-4-8-18)23(27-25(30)34)21-9-5-6-13-26-21/h5-6,9-16,18,23-24,28H,3-4,7-8H2,1-2H3,(H,27,34). The van der Waals surface area contributed by atoms with Crippen molar-refractivity contribution in [3.63, 3.8) is 0 Å². The molecule has 2 atom stereocenters. The fraction of sp³-hybridized carbons (Fsp3) is 0.360. The minimum absolute atomic E-state index is 0.140. The first kappa shape index (κ1) is 23.6. The van der Waals surface area contributed by atoms with Gasteiger partial charge in [0.1, 0.15) is 5.75 Å². The number of hydrogen-bond donors (Lipinski definition) is 2. The first-order valence-electron chi connectivity index (χ1n) is 11.7. The first-order valence-corrected chi connectivity index (χ1v) is 14.0. The van der Waals surface area contributed by atoms with Gasteiger partial charge in [-0.15, -0.1) is 0 Å². The molecule has 0 spiro atoms. The number of sulfonamides is 1. The van der Waals surface area contributed by atoms with Gasteiger partial charge >= 0.3 is 0 Å². The molecule has 1 aliphatic carbocycles. The van der Waals surface area contributed by atoms with Crippen molar-refractivity contribution < 1.29 is 13.2 Å². The van der Waals surface area contributed by atoms with Crippen molar-refractivity contribution in [2.24, 2.45) is 0 Å². The van der Waals surface area contributed by atoms with Crippen LogP contribution in [0.1, 0.15) is 55.1 Å². The average molecular weight is 512 g/mol. The molecule has 0 bridgehead atoms. The smallest absolute Gasteiger partial charge is 0.229 e. The number of anilines is 2. The molecule has 2 aromatic heterocycles. The van der Waals surface area contributed by atoms with E-state index in [-0.39, 0.29) is 12.1 Å². The van der Waals surface area contributed by atoms with Gasteiger partial charge in [0.25, 0.3) is 0 Å². The molecule has 5 rings (SSSR count). The number of pyridine rings is 1. The summed E-state index contributed by atoms with van der Waals surface area (Å²) in [7, 11) is -1.93. The van der Waals surface area contributed by atoms with Crippen molar-refractivity contribution >= 4 is 38.7 Å². The van der Waals surface area contributed by atoms with Gasteiger partial charge in [-0.1, -0.05) is 18.9 Å². The Morgan fingerprint density at radius 1 is 1.17 bits per heavy atom. The highest BCUT2D eigenvalue weighted by molar-refractivity contribution is 7.92. The lowest BCUT2D eigenvalue weighted by atomic mass is 9.98. The Morgan fingerprint density at radius 3 is 2.66 bits per heavy atom. The molecule has 3 aromatic rings. The third-order valence-corrected chi connectivity index (χ3v) is 7.59. The topological polar surface area (TPSA) is 88.5 Å². The van der Waals surface area contributed by atoms with Crippen LogP contribution in [0.15, 0.2) is 61.1 Å². The molecule has 1 saturated heterocycles. The summed E-state index contributed by atoms with van der Waals surface area (Å²) in [5, 5.41) is 4.04. The van der Waals surface area contributed by atoms with Gasteiger partial charge in [-0.25, -0.2) is 8.42 Å². The Morgan fingerprint density at radius 2 is 1.97 bits per heavy atom. The van der Waals surface area contributed by atoms with E-state index in [0.717, 1.165) is 23.2 Å². The molecular formula is C25H29N5O3S2. The quantitative estimate of drug-likeness (QED) is 0.450. The van der Waals surface area contributed by atoms with E-state index in [1.165, 1.54) is 32.8 Å². The van der Waals surface area contributed by atoms with Gasteiger partial charge in [0.15, 0.2) is 5.11 Å². The molecule has 10 heteroatoms. The minimum atomic E-state index is -3.45. The van der Waals surface area contributed by atoms with Gasteiger partial charge in [0.2, 0.25) is 10.0 Å². The molecule has 2 unspecified atom stereocenters. The normalized spacial score (nSPS) is 20.7. The number of nitrogens with zero attached hydrogens (tertiary/aromatic N) is 3. The third kappa shape index (κ3) is 4.85. The molecule has 2 fully saturated rings. The number of thiocarbonyl (C=S) groups is 1. The van der Waals surface area contributed by atoms with Gasteiger partial charge in [-0.05, 0) is 61.0 Å². The van der Waals surface area contributed by atoms with Gasteiger partial charge in [0, 0.05) is 36.4 Å². The summed E-state index contributed by atoms with van der Waals surface area (Å²) in [5.74, 6) is 0.416. The maximum absolute atomic E-state index is 11.8. The summed E-state index contributed by atoms with van der Waals surface area (Å²) < 4.78 is 33.9. The highest BCUT2D eigenvalue weighted by atomic mass is 32.2. The fourth-order valence-electron chi connectivity index (χ4n) is 5.12. The van der Waals surface area contributed by atoms with Crippen molar-refractivity contribution in [1.29, 1.82) is 0 Å². The maximum atomic E-state index is 11.8. The van der Waals surface area contributed by atoms with Gasteiger partial charge in [0.05, 0.1) is 36.8 Å². The largest absolute Gasteiger partial charge is 0.494 e. The van der Waals surface area contributed by atoms with Crippen LogP contribution in [0, 0.1) is 0 Å². The Bertz CT molecular complexity index is 1320. The number of hydrogen-bond acceptors (Lipinski definition) is 5. The molecule has 2 aliphatic rings. The molecule has 0 amide bonds. The zero-order chi connectivity index (χ0) is 24.6. The van der Waals surface area contributed by atoms with Crippen LogP contribution in [0.5, 0.6) is 5.75 Å². The summed E-state index contributed by atoms with van der Waals surface area (Å²) in [6, 6.07) is 13.7. The minimum Gasteiger partial charge on any atom is -0.494 e. The molecule has 0 radical (unpaired) electrons. The summed E-state index contributed by atoms with van der Waals surface area (Å²) in [6.07, 6.45) is 12.2. The van der Waals surface area contributed by atoms with Crippen molar-refractivity contribution in [1.82, 2.24) is 14.9 Å². The summed E-state index contributed by atoms with van der Waals surface area (Å²) in [4.78, 5) is 6.68. The highest BCUT2D eigenvalue weighted by Gasteiger charge is 2.41. The number of rotatable bonds is 7. The molecule has 3 heterocycles. The second-order valence-corrected chi connectivity index (χ2v) is 11.2. The van der Waals surface area contributed by atoms with Crippen LogP contribution < -0.4 is 19.7 Å². The van der Waals surface area contributed by atoms with E-state index >= 15 is 0 Å². The van der Waals surface area contributed by atoms with E-state index in [0.29, 0.717) is 22.6 Å². The maximum Gasteiger partial charge on any atom is 0.229 e. The van der Waals surface area contributed by atoms with E-state index in [9.17, 15) is 8.42 Å². The predicted octanol–water partition coefficient (Wildman–Crippen LogP) is 4.56. The molecule has 1 aliphatic heterocycles. The fourth-order valence-corrected chi connectivity index (χ4v) is 6.03. The van der Waals surface area contributed by atoms with Crippen LogP contribution in [0.25, 0.3) is 0 Å². The molecule has 35 heavy (non-hydrogen) atoms. The lowest BCUT2D eigenvalue weighted by Gasteiger charge is -2.28. The van der Waals surface area contributed by atoms with Crippen LogP contribution in [-0.4, -0.2) is 36.4 Å². The van der Waals surface area contributed by atoms with E-state index in [2.05, 4.69) is 42.9 Å². The van der Waals surface area contributed by atoms with Crippen LogP contribution in [-0.2, 0) is 10.0 Å². The Labute approximate surface area is 211 Å².